The number of hydrogen-bond acceptors (Lipinski definition) is 4. The van der Waals surface area contributed by atoms with Gasteiger partial charge in [-0.05, 0) is 25.0 Å². The smallest absolute Gasteiger partial charge is 0.251 e. The molecule has 1 fully saturated rings. The van der Waals surface area contributed by atoms with Gasteiger partial charge in [-0.15, -0.1) is 0 Å². The van der Waals surface area contributed by atoms with Crippen LogP contribution in [0.4, 0.5) is 0 Å². The number of hydrogen-bond donors (Lipinski definition) is 2. The predicted octanol–water partition coefficient (Wildman–Crippen LogP) is 1.89. The Bertz CT molecular complexity index is 525. The number of benzene rings is 1. The number of amides is 1. The molecule has 0 spiro atoms. The van der Waals surface area contributed by atoms with Crippen molar-refractivity contribution in [2.45, 2.75) is 25.3 Å². The van der Waals surface area contributed by atoms with Crippen LogP contribution >= 0.6 is 12.2 Å². The summed E-state index contributed by atoms with van der Waals surface area (Å²) in [7, 11) is 3.10. The lowest BCUT2D eigenvalue weighted by Gasteiger charge is -2.20. The van der Waals surface area contributed by atoms with Crippen LogP contribution in [0, 0.1) is 5.92 Å². The first-order valence-electron chi connectivity index (χ1n) is 6.88. The molecule has 0 bridgehead atoms. The lowest BCUT2D eigenvalue weighted by Crippen LogP contribution is -2.41. The molecular formula is C15H20N2O3S. The highest BCUT2D eigenvalue weighted by molar-refractivity contribution is 7.80. The molecule has 1 amide bonds. The van der Waals surface area contributed by atoms with E-state index in [0.717, 1.165) is 19.3 Å². The number of rotatable bonds is 5. The number of carbonyl (C=O) groups excluding carboxylic acids is 1. The van der Waals surface area contributed by atoms with E-state index >= 15 is 0 Å². The summed E-state index contributed by atoms with van der Waals surface area (Å²) in [5.74, 6) is 1.07. The summed E-state index contributed by atoms with van der Waals surface area (Å²) in [4.78, 5) is 12.9. The fraction of sp³-hybridized carbons (Fsp3) is 0.467. The molecule has 0 aromatic heterocycles. The van der Waals surface area contributed by atoms with E-state index in [1.807, 2.05) is 0 Å². The molecule has 114 valence electrons. The first-order chi connectivity index (χ1) is 10.0. The molecule has 0 aliphatic heterocycles. The molecule has 21 heavy (non-hydrogen) atoms. The van der Waals surface area contributed by atoms with Crippen LogP contribution in [0.15, 0.2) is 18.2 Å². The highest BCUT2D eigenvalue weighted by atomic mass is 32.1. The molecule has 0 radical (unpaired) electrons. The molecule has 1 aromatic carbocycles. The van der Waals surface area contributed by atoms with Crippen molar-refractivity contribution in [3.63, 3.8) is 0 Å². The van der Waals surface area contributed by atoms with Gasteiger partial charge in [0.25, 0.3) is 5.91 Å². The van der Waals surface area contributed by atoms with Crippen LogP contribution in [0.25, 0.3) is 0 Å². The van der Waals surface area contributed by atoms with Crippen molar-refractivity contribution >= 4 is 23.1 Å². The van der Waals surface area contributed by atoms with E-state index in [2.05, 4.69) is 5.32 Å². The molecule has 2 atom stereocenters. The molecule has 0 saturated heterocycles. The summed E-state index contributed by atoms with van der Waals surface area (Å²) >= 11 is 5.07. The average Bonchev–Trinajstić information content (AvgIpc) is 2.94. The minimum absolute atomic E-state index is 0.00666. The standard InChI is InChI=1S/C15H20N2O3S/c1-19-10-6-9(7-11(8-10)20-2)15(18)17-13-5-3-4-12(13)14(16)21/h6-8,12-13H,3-5H2,1-2H3,(H2,16,21)(H,17,18). The Morgan fingerprint density at radius 1 is 1.24 bits per heavy atom. The third-order valence-electron chi connectivity index (χ3n) is 3.81. The van der Waals surface area contributed by atoms with Gasteiger partial charge in [0.05, 0.1) is 19.2 Å². The quantitative estimate of drug-likeness (QED) is 0.813. The molecule has 2 unspecified atom stereocenters. The third kappa shape index (κ3) is 3.64. The van der Waals surface area contributed by atoms with E-state index in [9.17, 15) is 4.79 Å². The van der Waals surface area contributed by atoms with Gasteiger partial charge < -0.3 is 20.5 Å². The van der Waals surface area contributed by atoms with Crippen LogP contribution in [0.3, 0.4) is 0 Å². The van der Waals surface area contributed by atoms with E-state index in [1.165, 1.54) is 0 Å². The van der Waals surface area contributed by atoms with Gasteiger partial charge in [0.15, 0.2) is 0 Å². The van der Waals surface area contributed by atoms with Gasteiger partial charge in [0, 0.05) is 23.6 Å². The van der Waals surface area contributed by atoms with Crippen molar-refractivity contribution in [2.75, 3.05) is 14.2 Å². The number of methoxy groups -OCH3 is 2. The first-order valence-corrected chi connectivity index (χ1v) is 7.29. The summed E-state index contributed by atoms with van der Waals surface area (Å²) in [5, 5.41) is 3.01. The first kappa shape index (κ1) is 15.6. The average molecular weight is 308 g/mol. The Labute approximate surface area is 129 Å². The number of ether oxygens (including phenoxy) is 2. The summed E-state index contributed by atoms with van der Waals surface area (Å²) in [5.41, 5.74) is 6.23. The normalized spacial score (nSPS) is 20.9. The zero-order valence-electron chi connectivity index (χ0n) is 12.2. The minimum Gasteiger partial charge on any atom is -0.497 e. The highest BCUT2D eigenvalue weighted by Gasteiger charge is 2.30. The van der Waals surface area contributed by atoms with Gasteiger partial charge >= 0.3 is 0 Å². The van der Waals surface area contributed by atoms with Crippen LogP contribution in [-0.4, -0.2) is 31.2 Å². The molecule has 5 nitrogen and oxygen atoms in total. The fourth-order valence-corrected chi connectivity index (χ4v) is 2.95. The van der Waals surface area contributed by atoms with Crippen LogP contribution in [0.5, 0.6) is 11.5 Å². The van der Waals surface area contributed by atoms with Crippen LogP contribution in [-0.2, 0) is 0 Å². The topological polar surface area (TPSA) is 73.6 Å². The second-order valence-corrected chi connectivity index (χ2v) is 5.59. The summed E-state index contributed by atoms with van der Waals surface area (Å²) in [6, 6.07) is 5.10. The molecule has 1 aliphatic rings. The summed E-state index contributed by atoms with van der Waals surface area (Å²) in [6.07, 6.45) is 2.85. The lowest BCUT2D eigenvalue weighted by atomic mass is 10.0. The Morgan fingerprint density at radius 3 is 2.38 bits per heavy atom. The number of nitrogens with two attached hydrogens (primary N) is 1. The van der Waals surface area contributed by atoms with Crippen LogP contribution in [0.2, 0.25) is 0 Å². The van der Waals surface area contributed by atoms with Crippen molar-refractivity contribution in [3.05, 3.63) is 23.8 Å². The van der Waals surface area contributed by atoms with Gasteiger partial charge in [-0.1, -0.05) is 18.6 Å². The monoisotopic (exact) mass is 308 g/mol. The maximum Gasteiger partial charge on any atom is 0.251 e. The molecule has 6 heteroatoms. The SMILES string of the molecule is COc1cc(OC)cc(C(=O)NC2CCCC2C(N)=S)c1. The van der Waals surface area contributed by atoms with Crippen molar-refractivity contribution < 1.29 is 14.3 Å². The molecule has 1 aliphatic carbocycles. The number of nitrogens with one attached hydrogen (secondary N) is 1. The summed E-state index contributed by atoms with van der Waals surface area (Å²) in [6.45, 7) is 0. The largest absolute Gasteiger partial charge is 0.497 e. The van der Waals surface area contributed by atoms with Gasteiger partial charge in [-0.3, -0.25) is 4.79 Å². The highest BCUT2D eigenvalue weighted by Crippen LogP contribution is 2.27. The van der Waals surface area contributed by atoms with E-state index in [4.69, 9.17) is 27.4 Å². The van der Waals surface area contributed by atoms with Gasteiger partial charge in [0.2, 0.25) is 0 Å². The predicted molar refractivity (Wildman–Crippen MR) is 84.9 cm³/mol. The Morgan fingerprint density at radius 2 is 1.86 bits per heavy atom. The zero-order chi connectivity index (χ0) is 15.4. The van der Waals surface area contributed by atoms with Crippen molar-refractivity contribution in [2.24, 2.45) is 11.7 Å². The second-order valence-electron chi connectivity index (χ2n) is 5.12. The minimum atomic E-state index is -0.166. The van der Waals surface area contributed by atoms with Gasteiger partial charge in [-0.2, -0.15) is 0 Å². The molecule has 1 saturated carbocycles. The van der Waals surface area contributed by atoms with Crippen molar-refractivity contribution in [1.29, 1.82) is 0 Å². The number of carbonyl (C=O) groups is 1. The Balaban J connectivity index is 2.14. The maximum absolute atomic E-state index is 12.4. The van der Waals surface area contributed by atoms with E-state index in [0.29, 0.717) is 22.1 Å². The van der Waals surface area contributed by atoms with Crippen LogP contribution in [0.1, 0.15) is 29.6 Å². The molecule has 2 rings (SSSR count). The van der Waals surface area contributed by atoms with Crippen LogP contribution < -0.4 is 20.5 Å². The van der Waals surface area contributed by atoms with Gasteiger partial charge in [-0.25, -0.2) is 0 Å². The van der Waals surface area contributed by atoms with E-state index < -0.39 is 0 Å². The van der Waals surface area contributed by atoms with E-state index in [1.54, 1.807) is 32.4 Å². The summed E-state index contributed by atoms with van der Waals surface area (Å²) < 4.78 is 10.4. The maximum atomic E-state index is 12.4. The zero-order valence-corrected chi connectivity index (χ0v) is 13.0. The molecule has 0 heterocycles. The van der Waals surface area contributed by atoms with Gasteiger partial charge in [0.1, 0.15) is 11.5 Å². The fourth-order valence-electron chi connectivity index (χ4n) is 2.66. The van der Waals surface area contributed by atoms with Crippen molar-refractivity contribution in [3.8, 4) is 11.5 Å². The van der Waals surface area contributed by atoms with Crippen molar-refractivity contribution in [1.82, 2.24) is 5.32 Å². The lowest BCUT2D eigenvalue weighted by molar-refractivity contribution is 0.0933. The third-order valence-corrected chi connectivity index (χ3v) is 4.11. The molecule has 3 N–H and O–H groups in total. The molecular weight excluding hydrogens is 288 g/mol. The molecule has 1 aromatic rings. The Hall–Kier alpha value is -1.82. The number of thiocarbonyl (C=S) groups is 1. The Kier molecular flexibility index (Phi) is 5.01. The van der Waals surface area contributed by atoms with E-state index in [-0.39, 0.29) is 17.9 Å². The second kappa shape index (κ2) is 6.76.